The Morgan fingerprint density at radius 3 is 3.05 bits per heavy atom. The average molecular weight is 318 g/mol. The molecule has 1 fully saturated rings. The van der Waals surface area contributed by atoms with Crippen LogP contribution in [0.1, 0.15) is 12.7 Å². The lowest BCUT2D eigenvalue weighted by Gasteiger charge is -2.34. The van der Waals surface area contributed by atoms with Crippen molar-refractivity contribution in [1.29, 1.82) is 0 Å². The topological polar surface area (TPSA) is 50.2 Å². The summed E-state index contributed by atoms with van der Waals surface area (Å²) in [7, 11) is 0. The zero-order chi connectivity index (χ0) is 15.5. The summed E-state index contributed by atoms with van der Waals surface area (Å²) in [6.07, 6.45) is 2.06. The van der Waals surface area contributed by atoms with Crippen LogP contribution in [0.2, 0.25) is 0 Å². The molecule has 0 spiro atoms. The standard InChI is InChI=1S/C16H22N4OS/c1-12-9-17-7-8-19(12)16(21)10-20-14-6-4-3-5-13(14)18-15(20)11-22-2/h3-6,12,17H,7-11H2,1-2H3/t12-/m0/s1. The molecule has 22 heavy (non-hydrogen) atoms. The minimum absolute atomic E-state index is 0.180. The van der Waals surface area contributed by atoms with Crippen molar-refractivity contribution >= 4 is 28.7 Å². The number of para-hydroxylation sites is 2. The second-order valence-corrected chi connectivity index (χ2v) is 6.54. The molecule has 0 radical (unpaired) electrons. The Morgan fingerprint density at radius 1 is 1.45 bits per heavy atom. The van der Waals surface area contributed by atoms with E-state index in [2.05, 4.69) is 28.0 Å². The molecule has 0 aliphatic carbocycles. The van der Waals surface area contributed by atoms with Crippen molar-refractivity contribution < 1.29 is 4.79 Å². The summed E-state index contributed by atoms with van der Waals surface area (Å²) in [6, 6.07) is 8.29. The molecule has 5 nitrogen and oxygen atoms in total. The van der Waals surface area contributed by atoms with Gasteiger partial charge in [0.2, 0.25) is 5.91 Å². The molecule has 1 aromatic carbocycles. The summed E-state index contributed by atoms with van der Waals surface area (Å²) in [4.78, 5) is 19.4. The number of nitrogens with zero attached hydrogens (tertiary/aromatic N) is 3. The number of carbonyl (C=O) groups excluding carboxylic acids is 1. The fourth-order valence-electron chi connectivity index (χ4n) is 2.98. The van der Waals surface area contributed by atoms with E-state index in [4.69, 9.17) is 0 Å². The summed E-state index contributed by atoms with van der Waals surface area (Å²) < 4.78 is 2.07. The number of thioether (sulfide) groups is 1. The van der Waals surface area contributed by atoms with E-state index in [-0.39, 0.29) is 11.9 Å². The number of imidazole rings is 1. The van der Waals surface area contributed by atoms with E-state index in [1.165, 1.54) is 0 Å². The number of aromatic nitrogens is 2. The van der Waals surface area contributed by atoms with E-state index in [1.54, 1.807) is 11.8 Å². The molecular formula is C16H22N4OS. The van der Waals surface area contributed by atoms with Crippen molar-refractivity contribution in [2.45, 2.75) is 25.3 Å². The van der Waals surface area contributed by atoms with Crippen molar-refractivity contribution in [3.63, 3.8) is 0 Å². The van der Waals surface area contributed by atoms with Crippen LogP contribution < -0.4 is 5.32 Å². The normalized spacial score (nSPS) is 18.8. The molecule has 0 bridgehead atoms. The number of hydrogen-bond acceptors (Lipinski definition) is 4. The summed E-state index contributed by atoms with van der Waals surface area (Å²) >= 11 is 1.73. The highest BCUT2D eigenvalue weighted by Gasteiger charge is 2.24. The van der Waals surface area contributed by atoms with E-state index in [1.807, 2.05) is 29.2 Å². The summed E-state index contributed by atoms with van der Waals surface area (Å²) in [5, 5.41) is 3.32. The smallest absolute Gasteiger partial charge is 0.242 e. The van der Waals surface area contributed by atoms with Crippen LogP contribution >= 0.6 is 11.8 Å². The molecule has 1 amide bonds. The summed E-state index contributed by atoms with van der Waals surface area (Å²) in [5.41, 5.74) is 2.01. The van der Waals surface area contributed by atoms with Crippen LogP contribution in [0.5, 0.6) is 0 Å². The van der Waals surface area contributed by atoms with Crippen molar-refractivity contribution in [3.05, 3.63) is 30.1 Å². The van der Waals surface area contributed by atoms with Gasteiger partial charge in [-0.3, -0.25) is 4.79 Å². The average Bonchev–Trinajstić information content (AvgIpc) is 2.86. The van der Waals surface area contributed by atoms with Gasteiger partial charge < -0.3 is 14.8 Å². The highest BCUT2D eigenvalue weighted by molar-refractivity contribution is 7.97. The van der Waals surface area contributed by atoms with Crippen LogP contribution in [0.3, 0.4) is 0 Å². The van der Waals surface area contributed by atoms with E-state index >= 15 is 0 Å². The van der Waals surface area contributed by atoms with Crippen molar-refractivity contribution in [3.8, 4) is 0 Å². The summed E-state index contributed by atoms with van der Waals surface area (Å²) in [5.74, 6) is 1.98. The molecule has 1 N–H and O–H groups in total. The fraction of sp³-hybridized carbons (Fsp3) is 0.500. The molecule has 1 aliphatic heterocycles. The molecule has 1 saturated heterocycles. The van der Waals surface area contributed by atoms with Gasteiger partial charge in [-0.2, -0.15) is 11.8 Å². The molecule has 3 rings (SSSR count). The number of nitrogens with one attached hydrogen (secondary N) is 1. The maximum absolute atomic E-state index is 12.7. The van der Waals surface area contributed by atoms with Gasteiger partial charge in [0, 0.05) is 25.7 Å². The Labute approximate surface area is 135 Å². The van der Waals surface area contributed by atoms with E-state index in [0.29, 0.717) is 6.54 Å². The van der Waals surface area contributed by atoms with Crippen molar-refractivity contribution in [1.82, 2.24) is 19.8 Å². The lowest BCUT2D eigenvalue weighted by atomic mass is 10.2. The minimum Gasteiger partial charge on any atom is -0.336 e. The van der Waals surface area contributed by atoms with Gasteiger partial charge in [-0.25, -0.2) is 4.98 Å². The predicted molar refractivity (Wildman–Crippen MR) is 91.0 cm³/mol. The third kappa shape index (κ3) is 2.98. The SMILES string of the molecule is CSCc1nc2ccccc2n1CC(=O)N1CCNC[C@@H]1C. The largest absolute Gasteiger partial charge is 0.336 e. The molecular weight excluding hydrogens is 296 g/mol. The number of piperazine rings is 1. The minimum atomic E-state index is 0.180. The Bertz CT molecular complexity index is 669. The van der Waals surface area contributed by atoms with Gasteiger partial charge in [0.05, 0.1) is 16.8 Å². The van der Waals surface area contributed by atoms with Crippen LogP contribution in [-0.2, 0) is 17.1 Å². The molecule has 1 atom stereocenters. The predicted octanol–water partition coefficient (Wildman–Crippen LogP) is 1.72. The number of hydrogen-bond donors (Lipinski definition) is 1. The van der Waals surface area contributed by atoms with E-state index in [9.17, 15) is 4.79 Å². The van der Waals surface area contributed by atoms with E-state index < -0.39 is 0 Å². The monoisotopic (exact) mass is 318 g/mol. The lowest BCUT2D eigenvalue weighted by molar-refractivity contribution is -0.134. The first kappa shape index (κ1) is 15.4. The van der Waals surface area contributed by atoms with Crippen LogP contribution in [0, 0.1) is 0 Å². The fourth-order valence-corrected chi connectivity index (χ4v) is 3.46. The Kier molecular flexibility index (Phi) is 4.69. The summed E-state index contributed by atoms with van der Waals surface area (Å²) in [6.45, 7) is 5.00. The molecule has 118 valence electrons. The second kappa shape index (κ2) is 6.71. The number of benzene rings is 1. The lowest BCUT2D eigenvalue weighted by Crippen LogP contribution is -2.53. The van der Waals surface area contributed by atoms with Crippen LogP contribution in [0.25, 0.3) is 11.0 Å². The van der Waals surface area contributed by atoms with Gasteiger partial charge in [0.1, 0.15) is 12.4 Å². The maximum Gasteiger partial charge on any atom is 0.242 e. The Morgan fingerprint density at radius 2 is 2.27 bits per heavy atom. The van der Waals surface area contributed by atoms with Crippen LogP contribution in [-0.4, -0.2) is 52.3 Å². The third-order valence-corrected chi connectivity index (χ3v) is 4.67. The van der Waals surface area contributed by atoms with Gasteiger partial charge in [-0.05, 0) is 25.3 Å². The van der Waals surface area contributed by atoms with Crippen molar-refractivity contribution in [2.75, 3.05) is 25.9 Å². The Hall–Kier alpha value is -1.53. The molecule has 6 heteroatoms. The first-order valence-electron chi connectivity index (χ1n) is 7.64. The second-order valence-electron chi connectivity index (χ2n) is 5.68. The number of fused-ring (bicyclic) bond motifs is 1. The van der Waals surface area contributed by atoms with Gasteiger partial charge in [0.15, 0.2) is 0 Å². The maximum atomic E-state index is 12.7. The molecule has 1 aromatic heterocycles. The van der Waals surface area contributed by atoms with Crippen LogP contribution in [0.4, 0.5) is 0 Å². The molecule has 2 heterocycles. The molecule has 0 unspecified atom stereocenters. The number of carbonyl (C=O) groups is 1. The quantitative estimate of drug-likeness (QED) is 0.932. The zero-order valence-electron chi connectivity index (χ0n) is 13.1. The third-order valence-electron chi connectivity index (χ3n) is 4.12. The van der Waals surface area contributed by atoms with Crippen LogP contribution in [0.15, 0.2) is 24.3 Å². The highest BCUT2D eigenvalue weighted by atomic mass is 32.2. The molecule has 1 aliphatic rings. The molecule has 0 saturated carbocycles. The first-order valence-corrected chi connectivity index (χ1v) is 9.03. The first-order chi connectivity index (χ1) is 10.7. The Balaban J connectivity index is 1.88. The highest BCUT2D eigenvalue weighted by Crippen LogP contribution is 2.19. The van der Waals surface area contributed by atoms with Gasteiger partial charge in [-0.1, -0.05) is 12.1 Å². The van der Waals surface area contributed by atoms with Gasteiger partial charge in [0.25, 0.3) is 0 Å². The number of rotatable bonds is 4. The molecule has 2 aromatic rings. The van der Waals surface area contributed by atoms with Gasteiger partial charge >= 0.3 is 0 Å². The van der Waals surface area contributed by atoms with Gasteiger partial charge in [-0.15, -0.1) is 0 Å². The van der Waals surface area contributed by atoms with E-state index in [0.717, 1.165) is 42.2 Å². The zero-order valence-corrected chi connectivity index (χ0v) is 13.9. The van der Waals surface area contributed by atoms with Crippen molar-refractivity contribution in [2.24, 2.45) is 0 Å². The number of amides is 1.